The summed E-state index contributed by atoms with van der Waals surface area (Å²) in [6, 6.07) is 0.402. The van der Waals surface area contributed by atoms with Crippen molar-refractivity contribution in [1.82, 2.24) is 10.2 Å². The topological polar surface area (TPSA) is 52.6 Å². The summed E-state index contributed by atoms with van der Waals surface area (Å²) in [5.74, 6) is 0.198. The standard InChI is InChI=1S/C11H22N2O2/c1-12-7-3-6-11(15)13(8-9-14)10-4-2-5-10/h10,12,14H,2-9H2,1H3. The molecule has 4 heteroatoms. The second kappa shape index (κ2) is 6.80. The number of rotatable bonds is 7. The first-order valence-corrected chi connectivity index (χ1v) is 5.84. The van der Waals surface area contributed by atoms with Gasteiger partial charge in [-0.1, -0.05) is 0 Å². The average molecular weight is 214 g/mol. The number of amides is 1. The summed E-state index contributed by atoms with van der Waals surface area (Å²) in [5.41, 5.74) is 0. The Kier molecular flexibility index (Phi) is 5.65. The van der Waals surface area contributed by atoms with Gasteiger partial charge in [0.15, 0.2) is 0 Å². The summed E-state index contributed by atoms with van der Waals surface area (Å²) in [6.07, 6.45) is 4.91. The third-order valence-electron chi connectivity index (χ3n) is 2.99. The lowest BCUT2D eigenvalue weighted by Crippen LogP contribution is -2.45. The van der Waals surface area contributed by atoms with Gasteiger partial charge in [-0.3, -0.25) is 4.79 Å². The number of nitrogens with one attached hydrogen (secondary N) is 1. The van der Waals surface area contributed by atoms with E-state index < -0.39 is 0 Å². The van der Waals surface area contributed by atoms with E-state index in [2.05, 4.69) is 5.32 Å². The second-order valence-corrected chi connectivity index (χ2v) is 4.10. The number of carbonyl (C=O) groups excluding carboxylic acids is 1. The minimum atomic E-state index is 0.0776. The van der Waals surface area contributed by atoms with Crippen LogP contribution in [-0.2, 0) is 4.79 Å². The Morgan fingerprint density at radius 1 is 1.53 bits per heavy atom. The van der Waals surface area contributed by atoms with Gasteiger partial charge in [0.2, 0.25) is 5.91 Å². The molecule has 0 bridgehead atoms. The van der Waals surface area contributed by atoms with E-state index in [4.69, 9.17) is 5.11 Å². The van der Waals surface area contributed by atoms with Crippen molar-refractivity contribution in [2.75, 3.05) is 26.7 Å². The van der Waals surface area contributed by atoms with E-state index in [1.54, 1.807) is 0 Å². The first-order chi connectivity index (χ1) is 7.29. The lowest BCUT2D eigenvalue weighted by molar-refractivity contribution is -0.136. The molecule has 0 aromatic heterocycles. The molecule has 0 aromatic carbocycles. The minimum Gasteiger partial charge on any atom is -0.395 e. The molecular formula is C11H22N2O2. The van der Waals surface area contributed by atoms with Gasteiger partial charge in [0.25, 0.3) is 0 Å². The van der Waals surface area contributed by atoms with E-state index >= 15 is 0 Å². The molecule has 1 amide bonds. The first-order valence-electron chi connectivity index (χ1n) is 5.84. The number of aliphatic hydroxyl groups excluding tert-OH is 1. The molecule has 0 heterocycles. The van der Waals surface area contributed by atoms with Crippen LogP contribution in [0.2, 0.25) is 0 Å². The predicted molar refractivity (Wildman–Crippen MR) is 59.6 cm³/mol. The van der Waals surface area contributed by atoms with Crippen LogP contribution in [0.3, 0.4) is 0 Å². The number of nitrogens with zero attached hydrogens (tertiary/aromatic N) is 1. The Morgan fingerprint density at radius 2 is 2.27 bits per heavy atom. The molecule has 1 aliphatic carbocycles. The van der Waals surface area contributed by atoms with E-state index in [-0.39, 0.29) is 12.5 Å². The maximum atomic E-state index is 11.8. The van der Waals surface area contributed by atoms with Crippen molar-refractivity contribution in [2.24, 2.45) is 0 Å². The lowest BCUT2D eigenvalue weighted by Gasteiger charge is -2.37. The van der Waals surface area contributed by atoms with Crippen molar-refractivity contribution in [2.45, 2.75) is 38.1 Å². The van der Waals surface area contributed by atoms with Crippen molar-refractivity contribution < 1.29 is 9.90 Å². The van der Waals surface area contributed by atoms with E-state index in [0.29, 0.717) is 19.0 Å². The molecule has 1 aliphatic rings. The summed E-state index contributed by atoms with van der Waals surface area (Å²) in [5, 5.41) is 12.0. The fourth-order valence-electron chi connectivity index (χ4n) is 1.88. The minimum absolute atomic E-state index is 0.0776. The third kappa shape index (κ3) is 3.80. The highest BCUT2D eigenvalue weighted by molar-refractivity contribution is 5.76. The largest absolute Gasteiger partial charge is 0.395 e. The van der Waals surface area contributed by atoms with Gasteiger partial charge >= 0.3 is 0 Å². The van der Waals surface area contributed by atoms with Crippen LogP contribution in [0.25, 0.3) is 0 Å². The number of aliphatic hydroxyl groups is 1. The summed E-state index contributed by atoms with van der Waals surface area (Å²) in [7, 11) is 1.89. The molecule has 1 rings (SSSR count). The van der Waals surface area contributed by atoms with Crippen LogP contribution in [0.4, 0.5) is 0 Å². The molecule has 2 N–H and O–H groups in total. The molecule has 88 valence electrons. The molecule has 0 saturated heterocycles. The Balaban J connectivity index is 2.29. The summed E-state index contributed by atoms with van der Waals surface area (Å²) < 4.78 is 0. The lowest BCUT2D eigenvalue weighted by atomic mass is 9.91. The highest BCUT2D eigenvalue weighted by Gasteiger charge is 2.27. The van der Waals surface area contributed by atoms with Gasteiger partial charge in [-0.15, -0.1) is 0 Å². The maximum Gasteiger partial charge on any atom is 0.222 e. The Bertz CT molecular complexity index is 193. The van der Waals surface area contributed by atoms with Crippen molar-refractivity contribution >= 4 is 5.91 Å². The highest BCUT2D eigenvalue weighted by Crippen LogP contribution is 2.25. The van der Waals surface area contributed by atoms with E-state index in [1.807, 2.05) is 11.9 Å². The zero-order chi connectivity index (χ0) is 11.1. The van der Waals surface area contributed by atoms with Crippen molar-refractivity contribution in [3.8, 4) is 0 Å². The average Bonchev–Trinajstić information content (AvgIpc) is 2.14. The van der Waals surface area contributed by atoms with Gasteiger partial charge in [-0.2, -0.15) is 0 Å². The van der Waals surface area contributed by atoms with Crippen LogP contribution in [0.5, 0.6) is 0 Å². The van der Waals surface area contributed by atoms with Crippen LogP contribution >= 0.6 is 0 Å². The van der Waals surface area contributed by atoms with Crippen molar-refractivity contribution in [3.63, 3.8) is 0 Å². The van der Waals surface area contributed by atoms with E-state index in [9.17, 15) is 4.79 Å². The maximum absolute atomic E-state index is 11.8. The second-order valence-electron chi connectivity index (χ2n) is 4.10. The van der Waals surface area contributed by atoms with Gasteiger partial charge in [-0.05, 0) is 39.3 Å². The molecular weight excluding hydrogens is 192 g/mol. The number of carbonyl (C=O) groups is 1. The number of hydrogen-bond donors (Lipinski definition) is 2. The van der Waals surface area contributed by atoms with E-state index in [0.717, 1.165) is 25.8 Å². The van der Waals surface area contributed by atoms with Gasteiger partial charge in [0.05, 0.1) is 6.61 Å². The van der Waals surface area contributed by atoms with Crippen LogP contribution in [0, 0.1) is 0 Å². The molecule has 1 fully saturated rings. The smallest absolute Gasteiger partial charge is 0.222 e. The van der Waals surface area contributed by atoms with Gasteiger partial charge < -0.3 is 15.3 Å². The van der Waals surface area contributed by atoms with Crippen LogP contribution in [0.1, 0.15) is 32.1 Å². The monoisotopic (exact) mass is 214 g/mol. The van der Waals surface area contributed by atoms with Crippen LogP contribution < -0.4 is 5.32 Å². The molecule has 0 aromatic rings. The molecule has 15 heavy (non-hydrogen) atoms. The SMILES string of the molecule is CNCCCC(=O)N(CCO)C1CCC1. The zero-order valence-corrected chi connectivity index (χ0v) is 9.54. The summed E-state index contributed by atoms with van der Waals surface area (Å²) in [6.45, 7) is 1.46. The highest BCUT2D eigenvalue weighted by atomic mass is 16.3. The summed E-state index contributed by atoms with van der Waals surface area (Å²) in [4.78, 5) is 13.7. The van der Waals surface area contributed by atoms with Crippen LogP contribution in [-0.4, -0.2) is 48.7 Å². The Hall–Kier alpha value is -0.610. The number of hydrogen-bond acceptors (Lipinski definition) is 3. The summed E-state index contributed by atoms with van der Waals surface area (Å²) >= 11 is 0. The first kappa shape index (κ1) is 12.5. The van der Waals surface area contributed by atoms with Gasteiger partial charge in [0.1, 0.15) is 0 Å². The molecule has 0 unspecified atom stereocenters. The van der Waals surface area contributed by atoms with Crippen LogP contribution in [0.15, 0.2) is 0 Å². The normalized spacial score (nSPS) is 16.1. The van der Waals surface area contributed by atoms with Crippen molar-refractivity contribution in [1.29, 1.82) is 0 Å². The fraction of sp³-hybridized carbons (Fsp3) is 0.909. The third-order valence-corrected chi connectivity index (χ3v) is 2.99. The van der Waals surface area contributed by atoms with Gasteiger partial charge in [0, 0.05) is 19.0 Å². The Morgan fingerprint density at radius 3 is 2.73 bits per heavy atom. The molecule has 0 atom stereocenters. The van der Waals surface area contributed by atoms with E-state index in [1.165, 1.54) is 6.42 Å². The molecule has 0 spiro atoms. The Labute approximate surface area is 91.6 Å². The molecule has 0 radical (unpaired) electrons. The predicted octanol–water partition coefficient (Wildman–Crippen LogP) is 0.359. The molecule has 4 nitrogen and oxygen atoms in total. The zero-order valence-electron chi connectivity index (χ0n) is 9.54. The fourth-order valence-corrected chi connectivity index (χ4v) is 1.88. The van der Waals surface area contributed by atoms with Gasteiger partial charge in [-0.25, -0.2) is 0 Å². The molecule has 0 aliphatic heterocycles. The van der Waals surface area contributed by atoms with Crippen molar-refractivity contribution in [3.05, 3.63) is 0 Å². The molecule has 1 saturated carbocycles. The quantitative estimate of drug-likeness (QED) is 0.602.